The minimum Gasteiger partial charge on any atom is -0.459 e. The number of carbonyl (C=O) groups excluding carboxylic acids is 2. The van der Waals surface area contributed by atoms with Gasteiger partial charge in [0.05, 0.1) is 22.9 Å². The zero-order chi connectivity index (χ0) is 18.1. The molecule has 0 saturated heterocycles. The van der Waals surface area contributed by atoms with Crippen LogP contribution in [-0.2, 0) is 9.59 Å². The second kappa shape index (κ2) is 6.68. The predicted molar refractivity (Wildman–Crippen MR) is 94.7 cm³/mol. The van der Waals surface area contributed by atoms with Crippen molar-refractivity contribution in [1.29, 1.82) is 0 Å². The quantitative estimate of drug-likeness (QED) is 0.705. The van der Waals surface area contributed by atoms with Crippen LogP contribution in [0.4, 0.5) is 11.4 Å². The first kappa shape index (κ1) is 16.4. The Balaban J connectivity index is 1.51. The van der Waals surface area contributed by atoms with Gasteiger partial charge in [-0.25, -0.2) is 0 Å². The largest absolute Gasteiger partial charge is 0.459 e. The Morgan fingerprint density at radius 2 is 2.12 bits per heavy atom. The maximum absolute atomic E-state index is 12.9. The zero-order valence-corrected chi connectivity index (χ0v) is 14.5. The van der Waals surface area contributed by atoms with E-state index in [2.05, 4.69) is 15.5 Å². The van der Waals surface area contributed by atoms with Gasteiger partial charge in [0.15, 0.2) is 5.76 Å². The first-order valence-corrected chi connectivity index (χ1v) is 8.74. The summed E-state index contributed by atoms with van der Waals surface area (Å²) >= 11 is 1.13. The maximum atomic E-state index is 12.9. The van der Waals surface area contributed by atoms with Crippen LogP contribution in [0.3, 0.4) is 0 Å². The van der Waals surface area contributed by atoms with Gasteiger partial charge in [0.25, 0.3) is 11.1 Å². The van der Waals surface area contributed by atoms with Gasteiger partial charge < -0.3 is 14.2 Å². The molecule has 26 heavy (non-hydrogen) atoms. The van der Waals surface area contributed by atoms with Crippen LogP contribution in [0.15, 0.2) is 56.7 Å². The number of furan rings is 1. The van der Waals surface area contributed by atoms with E-state index in [9.17, 15) is 9.59 Å². The fourth-order valence-corrected chi connectivity index (χ4v) is 3.35. The van der Waals surface area contributed by atoms with Crippen LogP contribution in [0.1, 0.15) is 6.92 Å². The average molecular weight is 370 g/mol. The lowest BCUT2D eigenvalue weighted by Crippen LogP contribution is -2.45. The number of rotatable bonds is 4. The number of benzene rings is 1. The molecule has 1 aliphatic rings. The summed E-state index contributed by atoms with van der Waals surface area (Å²) in [6.45, 7) is 1.71. The number of thioether (sulfide) groups is 1. The highest BCUT2D eigenvalue weighted by Crippen LogP contribution is 2.32. The zero-order valence-electron chi connectivity index (χ0n) is 13.7. The third-order valence-electron chi connectivity index (χ3n) is 3.80. The lowest BCUT2D eigenvalue weighted by molar-refractivity contribution is -0.121. The summed E-state index contributed by atoms with van der Waals surface area (Å²) in [6.07, 6.45) is 1.51. The van der Waals surface area contributed by atoms with E-state index < -0.39 is 5.25 Å². The van der Waals surface area contributed by atoms with E-state index >= 15 is 0 Å². The van der Waals surface area contributed by atoms with E-state index in [0.717, 1.165) is 11.8 Å². The smallest absolute Gasteiger partial charge is 0.284 e. The normalized spacial score (nSPS) is 14.7. The van der Waals surface area contributed by atoms with Crippen molar-refractivity contribution in [3.05, 3.63) is 42.7 Å². The summed E-state index contributed by atoms with van der Waals surface area (Å²) in [5, 5.41) is 10.3. The maximum Gasteiger partial charge on any atom is 0.284 e. The average Bonchev–Trinajstić information content (AvgIpc) is 3.31. The first-order valence-electron chi connectivity index (χ1n) is 7.86. The van der Waals surface area contributed by atoms with Crippen LogP contribution in [0.5, 0.6) is 0 Å². The number of hydrogen-bond acceptors (Lipinski definition) is 7. The Bertz CT molecular complexity index is 953. The number of nitrogens with one attached hydrogen (secondary N) is 1. The highest BCUT2D eigenvalue weighted by molar-refractivity contribution is 8.00. The highest BCUT2D eigenvalue weighted by Gasteiger charge is 2.31. The molecule has 0 unspecified atom stereocenters. The van der Waals surface area contributed by atoms with Crippen molar-refractivity contribution < 1.29 is 18.4 Å². The van der Waals surface area contributed by atoms with Gasteiger partial charge in [-0.15, -0.1) is 10.2 Å². The van der Waals surface area contributed by atoms with Crippen molar-refractivity contribution in [3.8, 4) is 11.7 Å². The van der Waals surface area contributed by atoms with E-state index in [0.29, 0.717) is 17.1 Å². The van der Waals surface area contributed by atoms with E-state index in [1.165, 1.54) is 11.2 Å². The molecule has 0 radical (unpaired) electrons. The molecule has 0 spiro atoms. The molecule has 0 fully saturated rings. The molecule has 8 nitrogen and oxygen atoms in total. The minimum atomic E-state index is -0.515. The standard InChI is InChI=1S/C17H14N4O4S/c1-10(26-17-20-19-15(25-17)13-7-4-8-24-13)16(23)21-9-14(22)18-11-5-2-3-6-12(11)21/h2-8,10H,9H2,1H3,(H,18,22)/t10-/m1/s1. The molecule has 2 amide bonds. The minimum absolute atomic E-state index is 0.0256. The van der Waals surface area contributed by atoms with Gasteiger partial charge in [0, 0.05) is 0 Å². The number of anilines is 2. The van der Waals surface area contributed by atoms with E-state index in [4.69, 9.17) is 8.83 Å². The highest BCUT2D eigenvalue weighted by atomic mass is 32.2. The Kier molecular flexibility index (Phi) is 4.21. The molecule has 1 N–H and O–H groups in total. The third kappa shape index (κ3) is 3.08. The third-order valence-corrected chi connectivity index (χ3v) is 4.72. The van der Waals surface area contributed by atoms with Gasteiger partial charge in [-0.05, 0) is 31.2 Å². The van der Waals surface area contributed by atoms with Crippen molar-refractivity contribution >= 4 is 35.0 Å². The van der Waals surface area contributed by atoms with Gasteiger partial charge in [0.1, 0.15) is 6.54 Å². The SMILES string of the molecule is C[C@@H](Sc1nnc(-c2ccco2)o1)C(=O)N1CC(=O)Nc2ccccc21. The predicted octanol–water partition coefficient (Wildman–Crippen LogP) is 2.80. The number of nitrogens with zero attached hydrogens (tertiary/aromatic N) is 3. The molecule has 4 rings (SSSR count). The van der Waals surface area contributed by atoms with E-state index in [1.54, 1.807) is 37.3 Å². The Hall–Kier alpha value is -3.07. The summed E-state index contributed by atoms with van der Waals surface area (Å²) in [5.41, 5.74) is 1.29. The number of aromatic nitrogens is 2. The lowest BCUT2D eigenvalue weighted by atomic mass is 10.2. The number of fused-ring (bicyclic) bond motifs is 1. The second-order valence-electron chi connectivity index (χ2n) is 5.60. The molecule has 0 aliphatic carbocycles. The fraction of sp³-hybridized carbons (Fsp3) is 0.176. The Morgan fingerprint density at radius 1 is 1.27 bits per heavy atom. The molecule has 1 aliphatic heterocycles. The second-order valence-corrected chi connectivity index (χ2v) is 6.89. The fourth-order valence-electron chi connectivity index (χ4n) is 2.61. The molecule has 2 aromatic heterocycles. The molecule has 3 heterocycles. The number of hydrogen-bond donors (Lipinski definition) is 1. The molecule has 0 saturated carbocycles. The van der Waals surface area contributed by atoms with Gasteiger partial charge in [0.2, 0.25) is 11.8 Å². The summed E-state index contributed by atoms with van der Waals surface area (Å²) in [4.78, 5) is 26.2. The lowest BCUT2D eigenvalue weighted by Gasteiger charge is -2.30. The molecule has 1 aromatic carbocycles. The monoisotopic (exact) mass is 370 g/mol. The molecule has 9 heteroatoms. The first-order chi connectivity index (χ1) is 12.6. The van der Waals surface area contributed by atoms with Crippen LogP contribution < -0.4 is 10.2 Å². The van der Waals surface area contributed by atoms with Crippen molar-refractivity contribution in [1.82, 2.24) is 10.2 Å². The van der Waals surface area contributed by atoms with Crippen LogP contribution in [-0.4, -0.2) is 33.8 Å². The van der Waals surface area contributed by atoms with Crippen LogP contribution in [0.25, 0.3) is 11.7 Å². The Morgan fingerprint density at radius 3 is 2.92 bits per heavy atom. The molecular weight excluding hydrogens is 356 g/mol. The Labute approximate surface area is 152 Å². The molecule has 132 valence electrons. The van der Waals surface area contributed by atoms with Crippen molar-refractivity contribution in [3.63, 3.8) is 0 Å². The van der Waals surface area contributed by atoms with E-state index in [1.807, 2.05) is 6.07 Å². The number of amides is 2. The van der Waals surface area contributed by atoms with Gasteiger partial charge in [-0.1, -0.05) is 23.9 Å². The van der Waals surface area contributed by atoms with Gasteiger partial charge in [-0.3, -0.25) is 14.5 Å². The van der Waals surface area contributed by atoms with Crippen LogP contribution in [0, 0.1) is 0 Å². The van der Waals surface area contributed by atoms with Gasteiger partial charge >= 0.3 is 0 Å². The molecule has 1 atom stereocenters. The van der Waals surface area contributed by atoms with E-state index in [-0.39, 0.29) is 29.5 Å². The summed E-state index contributed by atoms with van der Waals surface area (Å²) in [5.74, 6) is 0.270. The molecular formula is C17H14N4O4S. The topological polar surface area (TPSA) is 101 Å². The summed E-state index contributed by atoms with van der Waals surface area (Å²) in [7, 11) is 0. The summed E-state index contributed by atoms with van der Waals surface area (Å²) in [6, 6.07) is 10.6. The van der Waals surface area contributed by atoms with Crippen LogP contribution in [0.2, 0.25) is 0 Å². The number of carbonyl (C=O) groups is 2. The summed E-state index contributed by atoms with van der Waals surface area (Å²) < 4.78 is 10.7. The van der Waals surface area contributed by atoms with Crippen molar-refractivity contribution in [2.24, 2.45) is 0 Å². The molecule has 3 aromatic rings. The van der Waals surface area contributed by atoms with Crippen LogP contribution >= 0.6 is 11.8 Å². The number of para-hydroxylation sites is 2. The molecule has 0 bridgehead atoms. The van der Waals surface area contributed by atoms with Crippen molar-refractivity contribution in [2.45, 2.75) is 17.4 Å². The van der Waals surface area contributed by atoms with Gasteiger partial charge in [-0.2, -0.15) is 0 Å². The van der Waals surface area contributed by atoms with Crippen molar-refractivity contribution in [2.75, 3.05) is 16.8 Å².